The average molecular weight is 704 g/mol. The standard InChI is InChI=1S/C38H46ClN5O6/c1-23-8-10-29(24(2)16-23)34(45)41-14-12-38(48,13-15-41)21-42-22-40-33-30(35(42)46)18-32(39)44(33)27-9-11-28(25(3)17-27)31-20-49-26(4)19-43(31)36(47)50-37(5,6)7/h8-11,16-18,22,26,31,48H,12-15,19-21H2,1-7H3/t26-,31-/m1/s1. The molecule has 50 heavy (non-hydrogen) atoms. The summed E-state index contributed by atoms with van der Waals surface area (Å²) in [5, 5.41) is 12.2. The molecular formula is C38H46ClN5O6. The zero-order valence-electron chi connectivity index (χ0n) is 29.8. The number of aryl methyl sites for hydroxylation is 3. The highest BCUT2D eigenvalue weighted by Crippen LogP contribution is 2.33. The Morgan fingerprint density at radius 2 is 1.78 bits per heavy atom. The Kier molecular flexibility index (Phi) is 9.62. The lowest BCUT2D eigenvalue weighted by Gasteiger charge is -2.40. The maximum atomic E-state index is 13.7. The molecule has 2 aromatic carbocycles. The van der Waals surface area contributed by atoms with Gasteiger partial charge < -0.3 is 19.5 Å². The summed E-state index contributed by atoms with van der Waals surface area (Å²) in [6.07, 6.45) is 1.60. The van der Waals surface area contributed by atoms with E-state index in [2.05, 4.69) is 4.98 Å². The number of benzene rings is 2. The number of carbonyl (C=O) groups excluding carboxylic acids is 2. The maximum Gasteiger partial charge on any atom is 0.410 e. The van der Waals surface area contributed by atoms with Crippen LogP contribution in [-0.2, 0) is 16.0 Å². The first-order chi connectivity index (χ1) is 23.5. The molecule has 2 fully saturated rings. The van der Waals surface area contributed by atoms with Crippen LogP contribution in [0, 0.1) is 20.8 Å². The van der Waals surface area contributed by atoms with E-state index in [1.165, 1.54) is 10.9 Å². The fourth-order valence-corrected chi connectivity index (χ4v) is 7.31. The minimum Gasteiger partial charge on any atom is -0.444 e. The fourth-order valence-electron chi connectivity index (χ4n) is 7.02. The second-order valence-corrected chi connectivity index (χ2v) is 15.3. The summed E-state index contributed by atoms with van der Waals surface area (Å²) >= 11 is 6.74. The second kappa shape index (κ2) is 13.5. The van der Waals surface area contributed by atoms with Gasteiger partial charge in [-0.25, -0.2) is 9.78 Å². The molecule has 0 bridgehead atoms. The summed E-state index contributed by atoms with van der Waals surface area (Å²) < 4.78 is 14.8. The number of ether oxygens (including phenoxy) is 2. The fraction of sp³-hybridized carbons (Fsp3) is 0.474. The van der Waals surface area contributed by atoms with Gasteiger partial charge in [-0.1, -0.05) is 35.4 Å². The van der Waals surface area contributed by atoms with Gasteiger partial charge in [-0.05, 0) is 102 Å². The molecule has 2 saturated heterocycles. The molecule has 2 amide bonds. The molecule has 2 atom stereocenters. The molecule has 0 unspecified atom stereocenters. The maximum absolute atomic E-state index is 13.7. The number of morpholine rings is 1. The molecule has 0 saturated carbocycles. The van der Waals surface area contributed by atoms with Crippen LogP contribution in [0.25, 0.3) is 16.7 Å². The number of likely N-dealkylation sites (tertiary alicyclic amines) is 1. The molecule has 0 radical (unpaired) electrons. The van der Waals surface area contributed by atoms with Gasteiger partial charge in [-0.2, -0.15) is 0 Å². The Morgan fingerprint density at radius 1 is 1.06 bits per heavy atom. The minimum absolute atomic E-state index is 0.0488. The molecule has 6 rings (SSSR count). The van der Waals surface area contributed by atoms with Gasteiger partial charge in [0.05, 0.1) is 42.8 Å². The number of halogens is 1. The Bertz CT molecular complexity index is 2010. The SMILES string of the molecule is Cc1ccc(C(=O)N2CCC(O)(Cn3cnc4c(cc(Cl)n4-c4ccc([C@H]5CO[C@H](C)CN5C(=O)OC(C)(C)C)c(C)c4)c3=O)CC2)c(C)c1. The third-order valence-electron chi connectivity index (χ3n) is 9.67. The minimum atomic E-state index is -1.18. The molecular weight excluding hydrogens is 658 g/mol. The first kappa shape index (κ1) is 35.6. The number of aromatic nitrogens is 3. The van der Waals surface area contributed by atoms with Crippen molar-refractivity contribution >= 4 is 34.6 Å². The van der Waals surface area contributed by atoms with Crippen molar-refractivity contribution in [3.63, 3.8) is 0 Å². The lowest BCUT2D eigenvalue weighted by Crippen LogP contribution is -2.49. The molecule has 0 aliphatic carbocycles. The lowest BCUT2D eigenvalue weighted by molar-refractivity contribution is -0.0645. The van der Waals surface area contributed by atoms with Crippen LogP contribution in [0.3, 0.4) is 0 Å². The first-order valence-electron chi connectivity index (χ1n) is 17.1. The molecule has 11 nitrogen and oxygen atoms in total. The smallest absolute Gasteiger partial charge is 0.410 e. The Morgan fingerprint density at radius 3 is 2.44 bits per heavy atom. The van der Waals surface area contributed by atoms with Gasteiger partial charge in [-0.3, -0.25) is 23.6 Å². The predicted octanol–water partition coefficient (Wildman–Crippen LogP) is 6.13. The van der Waals surface area contributed by atoms with Gasteiger partial charge in [-0.15, -0.1) is 0 Å². The molecule has 2 aliphatic rings. The van der Waals surface area contributed by atoms with E-state index < -0.39 is 11.2 Å². The molecule has 0 spiro atoms. The normalized spacial score (nSPS) is 19.5. The van der Waals surface area contributed by atoms with Gasteiger partial charge in [0.15, 0.2) is 5.65 Å². The van der Waals surface area contributed by atoms with Gasteiger partial charge >= 0.3 is 6.09 Å². The van der Waals surface area contributed by atoms with Crippen LogP contribution in [0.2, 0.25) is 5.15 Å². The number of nitrogens with zero attached hydrogens (tertiary/aromatic N) is 5. The predicted molar refractivity (Wildman–Crippen MR) is 192 cm³/mol. The van der Waals surface area contributed by atoms with Crippen LogP contribution < -0.4 is 5.56 Å². The topological polar surface area (TPSA) is 119 Å². The number of aliphatic hydroxyl groups is 1. The van der Waals surface area contributed by atoms with E-state index in [4.69, 9.17) is 21.1 Å². The second-order valence-electron chi connectivity index (χ2n) is 14.9. The quantitative estimate of drug-likeness (QED) is 0.266. The summed E-state index contributed by atoms with van der Waals surface area (Å²) in [6, 6.07) is 12.8. The number of hydrogen-bond donors (Lipinski definition) is 1. The van der Waals surface area contributed by atoms with Crippen molar-refractivity contribution in [1.82, 2.24) is 23.9 Å². The molecule has 4 aromatic rings. The van der Waals surface area contributed by atoms with Crippen LogP contribution in [0.15, 0.2) is 53.6 Å². The molecule has 2 aromatic heterocycles. The summed E-state index contributed by atoms with van der Waals surface area (Å²) in [4.78, 5) is 48.2. The number of carbonyl (C=O) groups is 2. The van der Waals surface area contributed by atoms with Crippen molar-refractivity contribution in [1.29, 1.82) is 0 Å². The third-order valence-corrected chi connectivity index (χ3v) is 9.94. The van der Waals surface area contributed by atoms with E-state index in [9.17, 15) is 19.5 Å². The first-order valence-corrected chi connectivity index (χ1v) is 17.5. The highest BCUT2D eigenvalue weighted by molar-refractivity contribution is 6.31. The van der Waals surface area contributed by atoms with Crippen molar-refractivity contribution in [3.05, 3.63) is 92.1 Å². The summed E-state index contributed by atoms with van der Waals surface area (Å²) in [5.74, 6) is -0.0499. The largest absolute Gasteiger partial charge is 0.444 e. The zero-order chi connectivity index (χ0) is 36.1. The molecule has 2 aliphatic heterocycles. The third kappa shape index (κ3) is 7.17. The van der Waals surface area contributed by atoms with E-state index in [-0.39, 0.29) is 36.3 Å². The Balaban J connectivity index is 1.21. The number of hydrogen-bond acceptors (Lipinski definition) is 7. The summed E-state index contributed by atoms with van der Waals surface area (Å²) in [5.41, 5.74) is 3.52. The van der Waals surface area contributed by atoms with Crippen LogP contribution in [0.1, 0.15) is 79.2 Å². The molecule has 4 heterocycles. The number of rotatable bonds is 5. The lowest BCUT2D eigenvalue weighted by atomic mass is 9.90. The van der Waals surface area contributed by atoms with Gasteiger partial charge in [0.1, 0.15) is 17.1 Å². The Labute approximate surface area is 297 Å². The zero-order valence-corrected chi connectivity index (χ0v) is 30.6. The van der Waals surface area contributed by atoms with E-state index in [1.54, 1.807) is 20.4 Å². The van der Waals surface area contributed by atoms with Crippen molar-refractivity contribution in [2.24, 2.45) is 0 Å². The molecule has 266 valence electrons. The number of piperidine rings is 1. The summed E-state index contributed by atoms with van der Waals surface area (Å²) in [7, 11) is 0. The van der Waals surface area contributed by atoms with Crippen LogP contribution in [0.4, 0.5) is 4.79 Å². The van der Waals surface area contributed by atoms with Gasteiger partial charge in [0.2, 0.25) is 0 Å². The highest BCUT2D eigenvalue weighted by atomic mass is 35.5. The van der Waals surface area contributed by atoms with Crippen LogP contribution in [0.5, 0.6) is 0 Å². The van der Waals surface area contributed by atoms with E-state index in [0.29, 0.717) is 66.5 Å². The summed E-state index contributed by atoms with van der Waals surface area (Å²) in [6.45, 7) is 14.9. The number of fused-ring (bicyclic) bond motifs is 1. The van der Waals surface area contributed by atoms with Crippen LogP contribution in [-0.4, -0.2) is 84.6 Å². The molecule has 12 heteroatoms. The molecule has 1 N–H and O–H groups in total. The van der Waals surface area contributed by atoms with Crippen molar-refractivity contribution in [2.75, 3.05) is 26.2 Å². The number of amides is 2. The van der Waals surface area contributed by atoms with Gasteiger partial charge in [0, 0.05) is 24.3 Å². The van der Waals surface area contributed by atoms with Crippen molar-refractivity contribution in [2.45, 2.75) is 91.2 Å². The van der Waals surface area contributed by atoms with Crippen LogP contribution >= 0.6 is 11.6 Å². The van der Waals surface area contributed by atoms with E-state index >= 15 is 0 Å². The highest BCUT2D eigenvalue weighted by Gasteiger charge is 2.37. The Hall–Kier alpha value is -4.19. The monoisotopic (exact) mass is 703 g/mol. The van der Waals surface area contributed by atoms with E-state index in [1.807, 2.05) is 84.9 Å². The average Bonchev–Trinajstić information content (AvgIpc) is 3.38. The van der Waals surface area contributed by atoms with Crippen molar-refractivity contribution < 1.29 is 24.2 Å². The van der Waals surface area contributed by atoms with E-state index in [0.717, 1.165) is 22.3 Å². The van der Waals surface area contributed by atoms with Gasteiger partial charge in [0.25, 0.3) is 11.5 Å². The van der Waals surface area contributed by atoms with Crippen molar-refractivity contribution in [3.8, 4) is 5.69 Å².